The number of nitrogens with zero attached hydrogens (tertiary/aromatic N) is 1. The van der Waals surface area contributed by atoms with E-state index in [1.54, 1.807) is 11.8 Å². The minimum absolute atomic E-state index is 0.0349. The van der Waals surface area contributed by atoms with Gasteiger partial charge in [-0.05, 0) is 31.9 Å². The van der Waals surface area contributed by atoms with E-state index < -0.39 is 0 Å². The molecule has 5 heteroatoms. The Morgan fingerprint density at radius 2 is 2.00 bits per heavy atom. The van der Waals surface area contributed by atoms with E-state index in [2.05, 4.69) is 0 Å². The second kappa shape index (κ2) is 6.13. The smallest absolute Gasteiger partial charge is 0.235 e. The van der Waals surface area contributed by atoms with Crippen LogP contribution in [0.1, 0.15) is 26.2 Å². The number of rotatable bonds is 4. The summed E-state index contributed by atoms with van der Waals surface area (Å²) in [5.74, 6) is 0.346. The van der Waals surface area contributed by atoms with Crippen LogP contribution in [0.2, 0.25) is 0 Å². The van der Waals surface area contributed by atoms with Crippen LogP contribution in [0.3, 0.4) is 0 Å². The molecule has 2 amide bonds. The van der Waals surface area contributed by atoms with E-state index in [0.717, 1.165) is 25.9 Å². The van der Waals surface area contributed by atoms with Crippen molar-refractivity contribution < 1.29 is 9.59 Å². The summed E-state index contributed by atoms with van der Waals surface area (Å²) in [6.45, 7) is 3.46. The summed E-state index contributed by atoms with van der Waals surface area (Å²) >= 11 is 1.57. The van der Waals surface area contributed by atoms with Crippen molar-refractivity contribution in [2.45, 2.75) is 31.4 Å². The van der Waals surface area contributed by atoms with Crippen molar-refractivity contribution in [2.75, 3.05) is 19.3 Å². The van der Waals surface area contributed by atoms with E-state index in [1.165, 1.54) is 0 Å². The third-order valence-corrected chi connectivity index (χ3v) is 4.03. The number of primary amides is 1. The number of thioether (sulfide) groups is 1. The van der Waals surface area contributed by atoms with Gasteiger partial charge >= 0.3 is 0 Å². The van der Waals surface area contributed by atoms with E-state index in [9.17, 15) is 9.59 Å². The van der Waals surface area contributed by atoms with Gasteiger partial charge in [0.05, 0.1) is 5.25 Å². The molecule has 1 aliphatic heterocycles. The average molecular weight is 244 g/mol. The Morgan fingerprint density at radius 1 is 1.44 bits per heavy atom. The van der Waals surface area contributed by atoms with Crippen LogP contribution >= 0.6 is 11.8 Å². The molecule has 1 heterocycles. The summed E-state index contributed by atoms with van der Waals surface area (Å²) in [5.41, 5.74) is 5.16. The maximum atomic E-state index is 11.9. The molecule has 2 N–H and O–H groups in total. The maximum absolute atomic E-state index is 11.9. The van der Waals surface area contributed by atoms with Crippen LogP contribution in [-0.2, 0) is 9.59 Å². The molecular weight excluding hydrogens is 224 g/mol. The molecule has 0 bridgehead atoms. The first kappa shape index (κ1) is 13.4. The second-order valence-electron chi connectivity index (χ2n) is 4.32. The fourth-order valence-electron chi connectivity index (χ4n) is 2.00. The molecule has 16 heavy (non-hydrogen) atoms. The Balaban J connectivity index is 2.37. The SMILES string of the molecule is CSC(C)C(=O)N1CCC(CC(N)=O)CC1. The van der Waals surface area contributed by atoms with Crippen LogP contribution in [0.5, 0.6) is 0 Å². The number of hydrogen-bond acceptors (Lipinski definition) is 3. The molecule has 0 aromatic rings. The lowest BCUT2D eigenvalue weighted by atomic mass is 9.93. The fraction of sp³-hybridized carbons (Fsp3) is 0.818. The molecular formula is C11H20N2O2S. The normalized spacial score (nSPS) is 19.5. The van der Waals surface area contributed by atoms with Gasteiger partial charge in [-0.2, -0.15) is 11.8 Å². The van der Waals surface area contributed by atoms with Gasteiger partial charge in [0, 0.05) is 19.5 Å². The summed E-state index contributed by atoms with van der Waals surface area (Å²) in [4.78, 5) is 24.5. The van der Waals surface area contributed by atoms with Gasteiger partial charge < -0.3 is 10.6 Å². The number of likely N-dealkylation sites (tertiary alicyclic amines) is 1. The zero-order chi connectivity index (χ0) is 12.1. The number of amides is 2. The predicted octanol–water partition coefficient (Wildman–Crippen LogP) is 0.852. The van der Waals surface area contributed by atoms with Crippen LogP contribution in [0, 0.1) is 5.92 Å². The highest BCUT2D eigenvalue weighted by Crippen LogP contribution is 2.22. The van der Waals surface area contributed by atoms with E-state index in [-0.39, 0.29) is 17.1 Å². The van der Waals surface area contributed by atoms with Gasteiger partial charge in [0.15, 0.2) is 0 Å². The quantitative estimate of drug-likeness (QED) is 0.797. The molecule has 1 unspecified atom stereocenters. The van der Waals surface area contributed by atoms with E-state index >= 15 is 0 Å². The van der Waals surface area contributed by atoms with Gasteiger partial charge in [0.1, 0.15) is 0 Å². The van der Waals surface area contributed by atoms with Crippen LogP contribution < -0.4 is 5.73 Å². The summed E-state index contributed by atoms with van der Waals surface area (Å²) in [5, 5.41) is 0.0349. The van der Waals surface area contributed by atoms with Gasteiger partial charge in [0.2, 0.25) is 11.8 Å². The van der Waals surface area contributed by atoms with Crippen molar-refractivity contribution in [3.8, 4) is 0 Å². The molecule has 0 aromatic carbocycles. The van der Waals surface area contributed by atoms with Gasteiger partial charge in [0.25, 0.3) is 0 Å². The molecule has 0 aromatic heterocycles. The van der Waals surface area contributed by atoms with Crippen molar-refractivity contribution in [1.29, 1.82) is 0 Å². The number of carbonyl (C=O) groups excluding carboxylic acids is 2. The molecule has 1 rings (SSSR count). The van der Waals surface area contributed by atoms with Crippen molar-refractivity contribution in [1.82, 2.24) is 4.90 Å². The zero-order valence-corrected chi connectivity index (χ0v) is 10.8. The first-order chi connectivity index (χ1) is 7.54. The molecule has 0 saturated carbocycles. The maximum Gasteiger partial charge on any atom is 0.235 e. The Kier molecular flexibility index (Phi) is 5.12. The predicted molar refractivity (Wildman–Crippen MR) is 66.1 cm³/mol. The van der Waals surface area contributed by atoms with Crippen LogP contribution in [0.25, 0.3) is 0 Å². The van der Waals surface area contributed by atoms with Crippen LogP contribution in [0.4, 0.5) is 0 Å². The highest BCUT2D eigenvalue weighted by Gasteiger charge is 2.26. The van der Waals surface area contributed by atoms with Gasteiger partial charge in [-0.1, -0.05) is 0 Å². The van der Waals surface area contributed by atoms with Crippen molar-refractivity contribution in [3.05, 3.63) is 0 Å². The molecule has 0 radical (unpaired) electrons. The average Bonchev–Trinajstić information content (AvgIpc) is 2.27. The monoisotopic (exact) mass is 244 g/mol. The summed E-state index contributed by atoms with van der Waals surface area (Å²) < 4.78 is 0. The summed E-state index contributed by atoms with van der Waals surface area (Å²) in [6.07, 6.45) is 4.20. The fourth-order valence-corrected chi connectivity index (χ4v) is 2.35. The minimum atomic E-state index is -0.234. The van der Waals surface area contributed by atoms with Crippen molar-refractivity contribution >= 4 is 23.6 Å². The molecule has 1 aliphatic rings. The molecule has 0 spiro atoms. The lowest BCUT2D eigenvalue weighted by Crippen LogP contribution is -2.42. The Hall–Kier alpha value is -0.710. The Morgan fingerprint density at radius 3 is 2.44 bits per heavy atom. The molecule has 1 atom stereocenters. The molecule has 4 nitrogen and oxygen atoms in total. The third-order valence-electron chi connectivity index (χ3n) is 3.12. The van der Waals surface area contributed by atoms with Gasteiger partial charge in [-0.25, -0.2) is 0 Å². The topological polar surface area (TPSA) is 63.4 Å². The van der Waals surface area contributed by atoms with Crippen LogP contribution in [0.15, 0.2) is 0 Å². The number of nitrogens with two attached hydrogens (primary N) is 1. The van der Waals surface area contributed by atoms with Crippen molar-refractivity contribution in [2.24, 2.45) is 11.7 Å². The molecule has 0 aliphatic carbocycles. The van der Waals surface area contributed by atoms with E-state index in [0.29, 0.717) is 12.3 Å². The van der Waals surface area contributed by atoms with E-state index in [1.807, 2.05) is 18.1 Å². The Bertz CT molecular complexity index is 263. The second-order valence-corrected chi connectivity index (χ2v) is 5.50. The summed E-state index contributed by atoms with van der Waals surface area (Å²) in [6, 6.07) is 0. The highest BCUT2D eigenvalue weighted by atomic mass is 32.2. The van der Waals surface area contributed by atoms with Gasteiger partial charge in [-0.15, -0.1) is 0 Å². The van der Waals surface area contributed by atoms with Gasteiger partial charge in [-0.3, -0.25) is 9.59 Å². The first-order valence-corrected chi connectivity index (χ1v) is 6.93. The number of carbonyl (C=O) groups is 2. The largest absolute Gasteiger partial charge is 0.370 e. The number of piperidine rings is 1. The third kappa shape index (κ3) is 3.70. The number of hydrogen-bond donors (Lipinski definition) is 1. The molecule has 92 valence electrons. The molecule has 1 saturated heterocycles. The summed E-state index contributed by atoms with van der Waals surface area (Å²) in [7, 11) is 0. The molecule has 1 fully saturated rings. The van der Waals surface area contributed by atoms with Crippen LogP contribution in [-0.4, -0.2) is 41.3 Å². The first-order valence-electron chi connectivity index (χ1n) is 5.64. The lowest BCUT2D eigenvalue weighted by molar-refractivity contribution is -0.131. The zero-order valence-electron chi connectivity index (χ0n) is 9.94. The van der Waals surface area contributed by atoms with Crippen molar-refractivity contribution in [3.63, 3.8) is 0 Å². The lowest BCUT2D eigenvalue weighted by Gasteiger charge is -2.32. The minimum Gasteiger partial charge on any atom is -0.370 e. The standard InChI is InChI=1S/C11H20N2O2S/c1-8(16-2)11(15)13-5-3-9(4-6-13)7-10(12)14/h8-9H,3-7H2,1-2H3,(H2,12,14). The highest BCUT2D eigenvalue weighted by molar-refractivity contribution is 7.99. The Labute approximate surface area is 101 Å². The van der Waals surface area contributed by atoms with E-state index in [4.69, 9.17) is 5.73 Å².